The smallest absolute Gasteiger partial charge is 0.242 e. The van der Waals surface area contributed by atoms with Crippen molar-refractivity contribution in [1.29, 1.82) is 0 Å². The Bertz CT molecular complexity index is 1100. The van der Waals surface area contributed by atoms with Crippen LogP contribution >= 0.6 is 0 Å². The van der Waals surface area contributed by atoms with Gasteiger partial charge in [0.05, 0.1) is 17.7 Å². The fraction of sp³-hybridized carbons (Fsp3) is 0.136. The van der Waals surface area contributed by atoms with Crippen LogP contribution in [0.3, 0.4) is 0 Å². The van der Waals surface area contributed by atoms with Gasteiger partial charge in [-0.3, -0.25) is 4.79 Å². The molecule has 1 unspecified atom stereocenters. The lowest BCUT2D eigenvalue weighted by Crippen LogP contribution is -2.45. The summed E-state index contributed by atoms with van der Waals surface area (Å²) in [6, 6.07) is 19.3. The van der Waals surface area contributed by atoms with Crippen molar-refractivity contribution in [1.82, 2.24) is 4.72 Å². The molecule has 156 valence electrons. The predicted molar refractivity (Wildman–Crippen MR) is 112 cm³/mol. The van der Waals surface area contributed by atoms with Gasteiger partial charge in [0.2, 0.25) is 15.9 Å². The molecule has 8 heteroatoms. The Labute approximate surface area is 174 Å². The Morgan fingerprint density at radius 1 is 0.967 bits per heavy atom. The van der Waals surface area contributed by atoms with Gasteiger partial charge in [-0.15, -0.1) is 0 Å². The van der Waals surface area contributed by atoms with E-state index in [0.29, 0.717) is 5.75 Å². The van der Waals surface area contributed by atoms with E-state index in [4.69, 9.17) is 4.74 Å². The molecule has 3 aromatic carbocycles. The van der Waals surface area contributed by atoms with E-state index in [1.165, 1.54) is 49.6 Å². The van der Waals surface area contributed by atoms with Gasteiger partial charge < -0.3 is 10.1 Å². The third-order valence-electron chi connectivity index (χ3n) is 4.40. The lowest BCUT2D eigenvalue weighted by atomic mass is 10.1. The third kappa shape index (κ3) is 5.43. The summed E-state index contributed by atoms with van der Waals surface area (Å²) >= 11 is 0. The van der Waals surface area contributed by atoms with Gasteiger partial charge in [0.25, 0.3) is 0 Å². The van der Waals surface area contributed by atoms with Crippen molar-refractivity contribution in [2.45, 2.75) is 17.4 Å². The Morgan fingerprint density at radius 2 is 1.60 bits per heavy atom. The molecule has 0 aliphatic heterocycles. The normalized spacial score (nSPS) is 12.2. The highest BCUT2D eigenvalue weighted by atomic mass is 32.2. The summed E-state index contributed by atoms with van der Waals surface area (Å²) in [5.41, 5.74) is 0.729. The summed E-state index contributed by atoms with van der Waals surface area (Å²) in [5, 5.41) is 2.46. The van der Waals surface area contributed by atoms with Crippen LogP contribution in [0.15, 0.2) is 83.8 Å². The molecule has 0 saturated carbocycles. The van der Waals surface area contributed by atoms with E-state index in [-0.39, 0.29) is 17.0 Å². The van der Waals surface area contributed by atoms with Crippen LogP contribution in [0, 0.1) is 5.82 Å². The number of nitrogens with one attached hydrogen (secondary N) is 2. The quantitative estimate of drug-likeness (QED) is 0.576. The zero-order chi connectivity index (χ0) is 21.6. The van der Waals surface area contributed by atoms with Gasteiger partial charge in [-0.05, 0) is 48.4 Å². The molecular formula is C22H21FN2O4S. The summed E-state index contributed by atoms with van der Waals surface area (Å²) in [7, 11) is -2.54. The lowest BCUT2D eigenvalue weighted by molar-refractivity contribution is -0.117. The Kier molecular flexibility index (Phi) is 6.81. The second kappa shape index (κ2) is 9.51. The largest absolute Gasteiger partial charge is 0.497 e. The van der Waals surface area contributed by atoms with E-state index in [1.807, 2.05) is 6.07 Å². The number of anilines is 1. The summed E-state index contributed by atoms with van der Waals surface area (Å²) in [6.45, 7) is 0. The van der Waals surface area contributed by atoms with Crippen LogP contribution in [0.4, 0.5) is 10.1 Å². The third-order valence-corrected chi connectivity index (χ3v) is 5.89. The molecule has 0 heterocycles. The van der Waals surface area contributed by atoms with Crippen molar-refractivity contribution in [3.63, 3.8) is 0 Å². The maximum atomic E-state index is 13.9. The van der Waals surface area contributed by atoms with Crippen molar-refractivity contribution in [3.05, 3.63) is 90.2 Å². The highest BCUT2D eigenvalue weighted by Gasteiger charge is 2.26. The first kappa shape index (κ1) is 21.5. The predicted octanol–water partition coefficient (Wildman–Crippen LogP) is 3.36. The number of carbonyl (C=O) groups is 1. The lowest BCUT2D eigenvalue weighted by Gasteiger charge is -2.19. The monoisotopic (exact) mass is 428 g/mol. The van der Waals surface area contributed by atoms with Crippen LogP contribution in [-0.2, 0) is 21.2 Å². The van der Waals surface area contributed by atoms with E-state index in [0.717, 1.165) is 5.56 Å². The number of para-hydroxylation sites is 1. The van der Waals surface area contributed by atoms with Gasteiger partial charge >= 0.3 is 0 Å². The molecule has 1 atom stereocenters. The number of amides is 1. The number of halogens is 1. The van der Waals surface area contributed by atoms with Gasteiger partial charge in [-0.2, -0.15) is 4.72 Å². The molecular weight excluding hydrogens is 407 g/mol. The Morgan fingerprint density at radius 3 is 2.23 bits per heavy atom. The number of carbonyl (C=O) groups excluding carboxylic acids is 1. The minimum atomic E-state index is -4.01. The molecule has 0 bridgehead atoms. The van der Waals surface area contributed by atoms with Gasteiger partial charge in [0, 0.05) is 0 Å². The molecule has 0 radical (unpaired) electrons. The molecule has 0 aromatic heterocycles. The fourth-order valence-electron chi connectivity index (χ4n) is 2.83. The minimum Gasteiger partial charge on any atom is -0.497 e. The molecule has 6 nitrogen and oxygen atoms in total. The minimum absolute atomic E-state index is 0.0138. The molecule has 0 saturated heterocycles. The number of hydrogen-bond donors (Lipinski definition) is 2. The Balaban J connectivity index is 1.86. The average Bonchev–Trinajstić information content (AvgIpc) is 2.75. The van der Waals surface area contributed by atoms with Crippen LogP contribution in [0.2, 0.25) is 0 Å². The van der Waals surface area contributed by atoms with E-state index >= 15 is 0 Å². The summed E-state index contributed by atoms with van der Waals surface area (Å²) < 4.78 is 47.1. The number of hydrogen-bond acceptors (Lipinski definition) is 4. The molecule has 0 spiro atoms. The molecule has 0 aliphatic rings. The van der Waals surface area contributed by atoms with Crippen molar-refractivity contribution in [2.24, 2.45) is 0 Å². The van der Waals surface area contributed by atoms with Crippen LogP contribution in [-0.4, -0.2) is 27.5 Å². The van der Waals surface area contributed by atoms with Crippen LogP contribution < -0.4 is 14.8 Å². The summed E-state index contributed by atoms with van der Waals surface area (Å²) in [5.74, 6) is -0.768. The number of sulfonamides is 1. The molecule has 2 N–H and O–H groups in total. The number of rotatable bonds is 8. The summed E-state index contributed by atoms with van der Waals surface area (Å²) in [6.07, 6.45) is 0.0938. The molecule has 1 amide bonds. The first-order chi connectivity index (χ1) is 14.4. The number of ether oxygens (including phenoxy) is 1. The van der Waals surface area contributed by atoms with E-state index < -0.39 is 27.8 Å². The summed E-state index contributed by atoms with van der Waals surface area (Å²) in [4.78, 5) is 12.8. The van der Waals surface area contributed by atoms with Gasteiger partial charge in [-0.1, -0.05) is 42.5 Å². The van der Waals surface area contributed by atoms with Crippen molar-refractivity contribution < 1.29 is 22.3 Å². The van der Waals surface area contributed by atoms with Gasteiger partial charge in [-0.25, -0.2) is 12.8 Å². The zero-order valence-corrected chi connectivity index (χ0v) is 17.0. The van der Waals surface area contributed by atoms with Crippen molar-refractivity contribution in [3.8, 4) is 5.75 Å². The van der Waals surface area contributed by atoms with Crippen LogP contribution in [0.5, 0.6) is 5.75 Å². The van der Waals surface area contributed by atoms with Gasteiger partial charge in [0.1, 0.15) is 17.6 Å². The number of benzene rings is 3. The maximum Gasteiger partial charge on any atom is 0.242 e. The molecule has 0 fully saturated rings. The molecule has 30 heavy (non-hydrogen) atoms. The number of methoxy groups -OCH3 is 1. The van der Waals surface area contributed by atoms with E-state index in [9.17, 15) is 17.6 Å². The first-order valence-corrected chi connectivity index (χ1v) is 10.6. The standard InChI is InChI=1S/C22H21FN2O4S/c1-29-17-11-13-18(14-12-17)30(27,28)25-21(15-16-7-3-2-4-8-16)22(26)24-20-10-6-5-9-19(20)23/h2-14,21,25H,15H2,1H3,(H,24,26). The van der Waals surface area contributed by atoms with E-state index in [2.05, 4.69) is 10.0 Å². The maximum absolute atomic E-state index is 13.9. The van der Waals surface area contributed by atoms with Crippen LogP contribution in [0.25, 0.3) is 0 Å². The molecule has 0 aliphatic carbocycles. The average molecular weight is 428 g/mol. The molecule has 3 rings (SSSR count). The first-order valence-electron chi connectivity index (χ1n) is 9.15. The highest BCUT2D eigenvalue weighted by molar-refractivity contribution is 7.89. The van der Waals surface area contributed by atoms with Crippen LogP contribution in [0.1, 0.15) is 5.56 Å². The fourth-order valence-corrected chi connectivity index (χ4v) is 4.03. The highest BCUT2D eigenvalue weighted by Crippen LogP contribution is 2.18. The van der Waals surface area contributed by atoms with E-state index in [1.54, 1.807) is 30.3 Å². The van der Waals surface area contributed by atoms with Crippen molar-refractivity contribution >= 4 is 21.6 Å². The SMILES string of the molecule is COc1ccc(S(=O)(=O)NC(Cc2ccccc2)C(=O)Nc2ccccc2F)cc1. The van der Waals surface area contributed by atoms with Crippen molar-refractivity contribution in [2.75, 3.05) is 12.4 Å². The topological polar surface area (TPSA) is 84.5 Å². The van der Waals surface area contributed by atoms with Gasteiger partial charge in [0.15, 0.2) is 0 Å². The second-order valence-electron chi connectivity index (χ2n) is 6.51. The second-order valence-corrected chi connectivity index (χ2v) is 8.22. The zero-order valence-electron chi connectivity index (χ0n) is 16.2. The Hall–Kier alpha value is -3.23. The molecule has 3 aromatic rings.